The predicted molar refractivity (Wildman–Crippen MR) is 98.5 cm³/mol. The van der Waals surface area contributed by atoms with Crippen LogP contribution < -0.4 is 5.32 Å². The number of amides is 1. The molecule has 0 bridgehead atoms. The minimum atomic E-state index is -0.389. The van der Waals surface area contributed by atoms with E-state index in [0.29, 0.717) is 13.2 Å². The molecular weight excluding hydrogens is 314 g/mol. The van der Waals surface area contributed by atoms with Crippen molar-refractivity contribution in [3.63, 3.8) is 0 Å². The van der Waals surface area contributed by atoms with E-state index in [1.807, 2.05) is 26.0 Å². The number of carbonyl (C=O) groups excluding carboxylic acids is 1. The molecule has 0 aliphatic heterocycles. The third-order valence-corrected chi connectivity index (χ3v) is 4.02. The van der Waals surface area contributed by atoms with Crippen LogP contribution in [0.3, 0.4) is 0 Å². The second-order valence-corrected chi connectivity index (χ2v) is 5.92. The van der Waals surface area contributed by atoms with Gasteiger partial charge in [0.25, 0.3) is 5.91 Å². The zero-order valence-corrected chi connectivity index (χ0v) is 15.1. The highest BCUT2D eigenvalue weighted by atomic mass is 16.5. The van der Waals surface area contributed by atoms with Gasteiger partial charge in [-0.25, -0.2) is 0 Å². The maximum atomic E-state index is 12.1. The number of ether oxygens (including phenoxy) is 1. The second kappa shape index (κ2) is 8.32. The number of rotatable bonds is 6. The van der Waals surface area contributed by atoms with Crippen LogP contribution in [0.25, 0.3) is 11.8 Å². The lowest BCUT2D eigenvalue weighted by atomic mass is 10.1. The van der Waals surface area contributed by atoms with Crippen LogP contribution in [0.2, 0.25) is 0 Å². The highest BCUT2D eigenvalue weighted by molar-refractivity contribution is 6.01. The van der Waals surface area contributed by atoms with Gasteiger partial charge in [0.2, 0.25) is 0 Å². The van der Waals surface area contributed by atoms with Crippen molar-refractivity contribution in [3.05, 3.63) is 58.4 Å². The summed E-state index contributed by atoms with van der Waals surface area (Å²) < 4.78 is 7.01. The largest absolute Gasteiger partial charge is 0.383 e. The van der Waals surface area contributed by atoms with Gasteiger partial charge in [-0.2, -0.15) is 5.26 Å². The molecule has 2 rings (SSSR count). The molecular formula is C20H23N3O2. The molecule has 0 spiro atoms. The number of carbonyl (C=O) groups is 1. The number of aryl methyl sites for hydroxylation is 2. The molecule has 1 amide bonds. The number of methoxy groups -OCH3 is 1. The van der Waals surface area contributed by atoms with E-state index < -0.39 is 0 Å². The molecule has 2 aromatic rings. The second-order valence-electron chi connectivity index (χ2n) is 5.92. The molecule has 1 aromatic heterocycles. The Hall–Kier alpha value is -2.84. The van der Waals surface area contributed by atoms with Crippen LogP contribution in [0.15, 0.2) is 35.9 Å². The summed E-state index contributed by atoms with van der Waals surface area (Å²) in [6, 6.07) is 12.2. The van der Waals surface area contributed by atoms with Gasteiger partial charge in [-0.3, -0.25) is 4.79 Å². The van der Waals surface area contributed by atoms with Crippen molar-refractivity contribution in [1.29, 1.82) is 5.26 Å². The summed E-state index contributed by atoms with van der Waals surface area (Å²) in [7, 11) is 1.56. The SMILES string of the molecule is COCCNC(=O)/C(C#N)=C/c1cc(C)n(-c2ccc(C)cc2)c1C. The number of nitriles is 1. The third kappa shape index (κ3) is 4.37. The maximum absolute atomic E-state index is 12.1. The number of benzene rings is 1. The molecule has 0 aliphatic rings. The van der Waals surface area contributed by atoms with E-state index in [1.54, 1.807) is 13.2 Å². The molecule has 0 atom stereocenters. The lowest BCUT2D eigenvalue weighted by molar-refractivity contribution is -0.117. The Morgan fingerprint density at radius 2 is 1.96 bits per heavy atom. The fraction of sp³-hybridized carbons (Fsp3) is 0.300. The van der Waals surface area contributed by atoms with Crippen molar-refractivity contribution in [2.75, 3.05) is 20.3 Å². The fourth-order valence-electron chi connectivity index (χ4n) is 2.69. The third-order valence-electron chi connectivity index (χ3n) is 4.02. The molecule has 0 fully saturated rings. The van der Waals surface area contributed by atoms with Crippen molar-refractivity contribution < 1.29 is 9.53 Å². The Bertz CT molecular complexity index is 824. The maximum Gasteiger partial charge on any atom is 0.262 e. The van der Waals surface area contributed by atoms with Crippen LogP contribution in [0.1, 0.15) is 22.5 Å². The molecule has 5 nitrogen and oxygen atoms in total. The molecule has 130 valence electrons. The summed E-state index contributed by atoms with van der Waals surface area (Å²) in [6.45, 7) is 6.82. The first-order valence-corrected chi connectivity index (χ1v) is 8.13. The standard InChI is InChI=1S/C20H23N3O2/c1-14-5-7-19(8-6-14)23-15(2)11-17(16(23)3)12-18(13-21)20(24)22-9-10-25-4/h5-8,11-12H,9-10H2,1-4H3,(H,22,24)/b18-12+. The number of nitrogens with one attached hydrogen (secondary N) is 1. The van der Waals surface area contributed by atoms with Gasteiger partial charge >= 0.3 is 0 Å². The molecule has 0 saturated heterocycles. The first kappa shape index (κ1) is 18.5. The lowest BCUT2D eigenvalue weighted by Gasteiger charge is -2.10. The molecule has 1 aromatic carbocycles. The summed E-state index contributed by atoms with van der Waals surface area (Å²) in [6.07, 6.45) is 1.63. The Morgan fingerprint density at radius 1 is 1.28 bits per heavy atom. The number of nitrogens with zero attached hydrogens (tertiary/aromatic N) is 2. The van der Waals surface area contributed by atoms with Gasteiger partial charge in [0.1, 0.15) is 11.6 Å². The average molecular weight is 337 g/mol. The average Bonchev–Trinajstić information content (AvgIpc) is 2.87. The smallest absolute Gasteiger partial charge is 0.262 e. The zero-order chi connectivity index (χ0) is 18.4. The lowest BCUT2D eigenvalue weighted by Crippen LogP contribution is -2.27. The van der Waals surface area contributed by atoms with Gasteiger partial charge in [0.15, 0.2) is 0 Å². The Balaban J connectivity index is 2.33. The van der Waals surface area contributed by atoms with Crippen molar-refractivity contribution in [2.24, 2.45) is 0 Å². The van der Waals surface area contributed by atoms with Crippen LogP contribution in [-0.4, -0.2) is 30.7 Å². The topological polar surface area (TPSA) is 67.0 Å². The van der Waals surface area contributed by atoms with E-state index in [0.717, 1.165) is 22.6 Å². The number of hydrogen-bond acceptors (Lipinski definition) is 3. The van der Waals surface area contributed by atoms with Crippen LogP contribution in [0.4, 0.5) is 0 Å². The summed E-state index contributed by atoms with van der Waals surface area (Å²) >= 11 is 0. The molecule has 0 unspecified atom stereocenters. The summed E-state index contributed by atoms with van der Waals surface area (Å²) in [5.41, 5.74) is 5.23. The highest BCUT2D eigenvalue weighted by Gasteiger charge is 2.13. The highest BCUT2D eigenvalue weighted by Crippen LogP contribution is 2.23. The van der Waals surface area contributed by atoms with Gasteiger partial charge in [-0.15, -0.1) is 0 Å². The van der Waals surface area contributed by atoms with Gasteiger partial charge < -0.3 is 14.6 Å². The van der Waals surface area contributed by atoms with E-state index in [9.17, 15) is 10.1 Å². The van der Waals surface area contributed by atoms with Gasteiger partial charge in [0.05, 0.1) is 6.61 Å². The molecule has 25 heavy (non-hydrogen) atoms. The van der Waals surface area contributed by atoms with Crippen molar-refractivity contribution in [1.82, 2.24) is 9.88 Å². The van der Waals surface area contributed by atoms with E-state index in [4.69, 9.17) is 4.74 Å². The van der Waals surface area contributed by atoms with E-state index in [2.05, 4.69) is 41.1 Å². The summed E-state index contributed by atoms with van der Waals surface area (Å²) in [4.78, 5) is 12.1. The first-order chi connectivity index (χ1) is 12.0. The monoisotopic (exact) mass is 337 g/mol. The molecule has 1 heterocycles. The fourth-order valence-corrected chi connectivity index (χ4v) is 2.69. The minimum absolute atomic E-state index is 0.0836. The van der Waals surface area contributed by atoms with E-state index in [-0.39, 0.29) is 11.5 Å². The van der Waals surface area contributed by atoms with E-state index in [1.165, 1.54) is 5.56 Å². The molecule has 0 radical (unpaired) electrons. The normalized spacial score (nSPS) is 11.2. The van der Waals surface area contributed by atoms with Crippen LogP contribution >= 0.6 is 0 Å². The van der Waals surface area contributed by atoms with Crippen LogP contribution in [0, 0.1) is 32.1 Å². The van der Waals surface area contributed by atoms with Gasteiger partial charge in [0, 0.05) is 30.7 Å². The van der Waals surface area contributed by atoms with Crippen molar-refractivity contribution >= 4 is 12.0 Å². The summed E-state index contributed by atoms with van der Waals surface area (Å²) in [5.74, 6) is -0.389. The van der Waals surface area contributed by atoms with Gasteiger partial charge in [-0.05, 0) is 50.6 Å². The van der Waals surface area contributed by atoms with E-state index >= 15 is 0 Å². The van der Waals surface area contributed by atoms with Crippen molar-refractivity contribution in [2.45, 2.75) is 20.8 Å². The molecule has 0 aliphatic carbocycles. The Labute approximate surface area is 148 Å². The minimum Gasteiger partial charge on any atom is -0.383 e. The molecule has 1 N–H and O–H groups in total. The van der Waals surface area contributed by atoms with Crippen LogP contribution in [-0.2, 0) is 9.53 Å². The molecule has 5 heteroatoms. The van der Waals surface area contributed by atoms with Crippen LogP contribution in [0.5, 0.6) is 0 Å². The summed E-state index contributed by atoms with van der Waals surface area (Å²) in [5, 5.41) is 12.0. The van der Waals surface area contributed by atoms with Crippen molar-refractivity contribution in [3.8, 4) is 11.8 Å². The Morgan fingerprint density at radius 3 is 2.56 bits per heavy atom. The first-order valence-electron chi connectivity index (χ1n) is 8.13. The Kier molecular flexibility index (Phi) is 6.15. The number of aromatic nitrogens is 1. The molecule has 0 saturated carbocycles. The quantitative estimate of drug-likeness (QED) is 0.500. The number of hydrogen-bond donors (Lipinski definition) is 1. The zero-order valence-electron chi connectivity index (χ0n) is 15.1. The predicted octanol–water partition coefficient (Wildman–Crippen LogP) is 3.07. The van der Waals surface area contributed by atoms with Gasteiger partial charge in [-0.1, -0.05) is 17.7 Å².